The van der Waals surface area contributed by atoms with Gasteiger partial charge >= 0.3 is 0 Å². The SMILES string of the molecule is CC1CCCC(O)(C2(C#N)CC3CCC2O3)C1. The van der Waals surface area contributed by atoms with Gasteiger partial charge < -0.3 is 9.84 Å². The van der Waals surface area contributed by atoms with E-state index >= 15 is 0 Å². The van der Waals surface area contributed by atoms with Crippen molar-refractivity contribution in [1.82, 2.24) is 0 Å². The fraction of sp³-hybridized carbons (Fsp3) is 0.929. The van der Waals surface area contributed by atoms with Crippen LogP contribution in [0.25, 0.3) is 0 Å². The summed E-state index contributed by atoms with van der Waals surface area (Å²) in [5.74, 6) is 0.526. The third-order valence-electron chi connectivity index (χ3n) is 5.21. The Hall–Kier alpha value is -0.590. The molecule has 0 aromatic carbocycles. The molecule has 3 fully saturated rings. The Morgan fingerprint density at radius 3 is 2.65 bits per heavy atom. The van der Waals surface area contributed by atoms with E-state index in [0.717, 1.165) is 38.5 Å². The van der Waals surface area contributed by atoms with Gasteiger partial charge in [-0.1, -0.05) is 19.8 Å². The summed E-state index contributed by atoms with van der Waals surface area (Å²) in [6, 6.07) is 2.46. The van der Waals surface area contributed by atoms with Crippen molar-refractivity contribution in [3.63, 3.8) is 0 Å². The molecule has 2 aliphatic heterocycles. The highest BCUT2D eigenvalue weighted by Crippen LogP contribution is 2.57. The Labute approximate surface area is 103 Å². The second-order valence-electron chi connectivity index (χ2n) is 6.34. The Kier molecular flexibility index (Phi) is 2.50. The molecule has 94 valence electrons. The molecule has 3 aliphatic rings. The minimum atomic E-state index is -0.806. The average Bonchev–Trinajstić information content (AvgIpc) is 2.88. The van der Waals surface area contributed by atoms with Gasteiger partial charge in [0.1, 0.15) is 5.41 Å². The molecule has 5 atom stereocenters. The van der Waals surface area contributed by atoms with Crippen LogP contribution < -0.4 is 0 Å². The first kappa shape index (κ1) is 11.5. The summed E-state index contributed by atoms with van der Waals surface area (Å²) in [7, 11) is 0. The molecule has 0 aromatic heterocycles. The fourth-order valence-corrected chi connectivity index (χ4v) is 4.35. The number of hydrogen-bond acceptors (Lipinski definition) is 3. The standard InChI is InChI=1S/C14H21NO2/c1-10-3-2-6-14(16,7-10)13(9-15)8-11-4-5-12(13)17-11/h10-12,16H,2-8H2,1H3. The van der Waals surface area contributed by atoms with Crippen molar-refractivity contribution in [1.29, 1.82) is 5.26 Å². The third-order valence-corrected chi connectivity index (χ3v) is 5.21. The predicted octanol–water partition coefficient (Wildman–Crippen LogP) is 2.39. The van der Waals surface area contributed by atoms with E-state index in [-0.39, 0.29) is 12.2 Å². The number of nitrogens with zero attached hydrogens (tertiary/aromatic N) is 1. The van der Waals surface area contributed by atoms with Crippen LogP contribution in [0, 0.1) is 22.7 Å². The van der Waals surface area contributed by atoms with E-state index in [0.29, 0.717) is 5.92 Å². The van der Waals surface area contributed by atoms with E-state index < -0.39 is 11.0 Å². The molecule has 3 heteroatoms. The van der Waals surface area contributed by atoms with Crippen LogP contribution in [-0.2, 0) is 4.74 Å². The number of aliphatic hydroxyl groups is 1. The van der Waals surface area contributed by atoms with Crippen molar-refractivity contribution in [2.75, 3.05) is 0 Å². The molecule has 5 unspecified atom stereocenters. The van der Waals surface area contributed by atoms with E-state index in [1.807, 2.05) is 0 Å². The maximum Gasteiger partial charge on any atom is 0.114 e. The third kappa shape index (κ3) is 1.47. The van der Waals surface area contributed by atoms with Crippen molar-refractivity contribution >= 4 is 0 Å². The summed E-state index contributed by atoms with van der Waals surface area (Å²) in [6.45, 7) is 2.18. The van der Waals surface area contributed by atoms with Crippen molar-refractivity contribution in [2.45, 2.75) is 69.7 Å². The Balaban J connectivity index is 1.93. The van der Waals surface area contributed by atoms with Gasteiger partial charge in [-0.3, -0.25) is 0 Å². The highest BCUT2D eigenvalue weighted by molar-refractivity contribution is 5.21. The Morgan fingerprint density at radius 1 is 1.29 bits per heavy atom. The van der Waals surface area contributed by atoms with Gasteiger partial charge in [-0.15, -0.1) is 0 Å². The topological polar surface area (TPSA) is 53.2 Å². The van der Waals surface area contributed by atoms with Crippen LogP contribution in [0.2, 0.25) is 0 Å². The molecular weight excluding hydrogens is 214 g/mol. The first-order chi connectivity index (χ1) is 8.10. The van der Waals surface area contributed by atoms with Crippen LogP contribution in [-0.4, -0.2) is 22.9 Å². The highest BCUT2D eigenvalue weighted by atomic mass is 16.5. The molecule has 1 N–H and O–H groups in total. The highest BCUT2D eigenvalue weighted by Gasteiger charge is 2.63. The van der Waals surface area contributed by atoms with E-state index in [2.05, 4.69) is 13.0 Å². The van der Waals surface area contributed by atoms with Crippen LogP contribution in [0.3, 0.4) is 0 Å². The lowest BCUT2D eigenvalue weighted by Gasteiger charge is -2.47. The first-order valence-electron chi connectivity index (χ1n) is 6.89. The summed E-state index contributed by atoms with van der Waals surface area (Å²) in [5.41, 5.74) is -1.43. The minimum absolute atomic E-state index is 0.0206. The number of nitriles is 1. The second-order valence-corrected chi connectivity index (χ2v) is 6.34. The molecule has 17 heavy (non-hydrogen) atoms. The Morgan fingerprint density at radius 2 is 2.12 bits per heavy atom. The second kappa shape index (κ2) is 3.70. The van der Waals surface area contributed by atoms with Crippen LogP contribution in [0.15, 0.2) is 0 Å². The lowest BCUT2D eigenvalue weighted by Crippen LogP contribution is -2.55. The van der Waals surface area contributed by atoms with Crippen molar-refractivity contribution in [3.8, 4) is 6.07 Å². The number of rotatable bonds is 1. The quantitative estimate of drug-likeness (QED) is 0.759. The summed E-state index contributed by atoms with van der Waals surface area (Å²) >= 11 is 0. The molecule has 0 amide bonds. The average molecular weight is 235 g/mol. The van der Waals surface area contributed by atoms with Gasteiger partial charge in [0.25, 0.3) is 0 Å². The minimum Gasteiger partial charge on any atom is -0.388 e. The molecule has 2 saturated heterocycles. The van der Waals surface area contributed by atoms with Gasteiger partial charge in [0.2, 0.25) is 0 Å². The van der Waals surface area contributed by atoms with E-state index in [4.69, 9.17) is 4.74 Å². The lowest BCUT2D eigenvalue weighted by molar-refractivity contribution is -0.117. The maximum absolute atomic E-state index is 11.0. The van der Waals surface area contributed by atoms with Gasteiger partial charge in [-0.05, 0) is 38.0 Å². The first-order valence-corrected chi connectivity index (χ1v) is 6.89. The molecule has 2 bridgehead atoms. The number of fused-ring (bicyclic) bond motifs is 2. The van der Waals surface area contributed by atoms with E-state index in [1.165, 1.54) is 6.42 Å². The van der Waals surface area contributed by atoms with Gasteiger partial charge in [0.05, 0.1) is 23.9 Å². The molecular formula is C14H21NO2. The molecule has 0 radical (unpaired) electrons. The lowest BCUT2D eigenvalue weighted by atomic mass is 9.58. The van der Waals surface area contributed by atoms with Crippen LogP contribution in [0.5, 0.6) is 0 Å². The van der Waals surface area contributed by atoms with E-state index in [1.54, 1.807) is 0 Å². The van der Waals surface area contributed by atoms with Crippen molar-refractivity contribution in [2.24, 2.45) is 11.3 Å². The van der Waals surface area contributed by atoms with Gasteiger partial charge in [0, 0.05) is 0 Å². The predicted molar refractivity (Wildman–Crippen MR) is 63.1 cm³/mol. The largest absolute Gasteiger partial charge is 0.388 e. The van der Waals surface area contributed by atoms with Crippen LogP contribution in [0.4, 0.5) is 0 Å². The monoisotopic (exact) mass is 235 g/mol. The zero-order chi connectivity index (χ0) is 12.1. The summed E-state index contributed by atoms with van der Waals surface area (Å²) in [4.78, 5) is 0. The van der Waals surface area contributed by atoms with Gasteiger partial charge in [-0.2, -0.15) is 5.26 Å². The molecule has 0 aromatic rings. The fourth-order valence-electron chi connectivity index (χ4n) is 4.35. The maximum atomic E-state index is 11.0. The number of ether oxygens (including phenoxy) is 1. The van der Waals surface area contributed by atoms with E-state index in [9.17, 15) is 10.4 Å². The summed E-state index contributed by atoms with van der Waals surface area (Å²) in [5, 5.41) is 20.7. The summed E-state index contributed by atoms with van der Waals surface area (Å²) in [6.07, 6.45) is 6.74. The molecule has 3 nitrogen and oxygen atoms in total. The van der Waals surface area contributed by atoms with Crippen molar-refractivity contribution in [3.05, 3.63) is 0 Å². The van der Waals surface area contributed by atoms with Gasteiger partial charge in [0.15, 0.2) is 0 Å². The normalized spacial score (nSPS) is 53.6. The van der Waals surface area contributed by atoms with Crippen LogP contribution >= 0.6 is 0 Å². The molecule has 1 saturated carbocycles. The zero-order valence-corrected chi connectivity index (χ0v) is 10.5. The van der Waals surface area contributed by atoms with Crippen LogP contribution in [0.1, 0.15) is 51.9 Å². The molecule has 3 rings (SSSR count). The Bertz CT molecular complexity index is 364. The molecule has 0 spiro atoms. The number of hydrogen-bond donors (Lipinski definition) is 1. The smallest absolute Gasteiger partial charge is 0.114 e. The molecule has 2 heterocycles. The zero-order valence-electron chi connectivity index (χ0n) is 10.5. The van der Waals surface area contributed by atoms with Crippen molar-refractivity contribution < 1.29 is 9.84 Å². The van der Waals surface area contributed by atoms with Gasteiger partial charge in [-0.25, -0.2) is 0 Å². The summed E-state index contributed by atoms with van der Waals surface area (Å²) < 4.78 is 5.85. The molecule has 1 aliphatic carbocycles.